The van der Waals surface area contributed by atoms with E-state index in [4.69, 9.17) is 0 Å². The Morgan fingerprint density at radius 2 is 1.71 bits per heavy atom. The van der Waals surface area contributed by atoms with Gasteiger partial charge in [0.2, 0.25) is 5.91 Å². The highest BCUT2D eigenvalue weighted by molar-refractivity contribution is 5.96. The first-order chi connectivity index (χ1) is 13.6. The summed E-state index contributed by atoms with van der Waals surface area (Å²) in [7, 11) is 0. The Kier molecular flexibility index (Phi) is 5.34. The molecule has 1 aromatic carbocycles. The molecule has 0 spiro atoms. The monoisotopic (exact) mass is 382 g/mol. The summed E-state index contributed by atoms with van der Waals surface area (Å²) < 4.78 is 13.1. The van der Waals surface area contributed by atoms with Gasteiger partial charge in [-0.05, 0) is 49.2 Å². The lowest BCUT2D eigenvalue weighted by Gasteiger charge is -2.34. The van der Waals surface area contributed by atoms with Crippen LogP contribution >= 0.6 is 0 Å². The van der Waals surface area contributed by atoms with Crippen LogP contribution in [0.15, 0.2) is 48.8 Å². The molecular formula is C21H23FN4O2. The Labute approximate surface area is 163 Å². The summed E-state index contributed by atoms with van der Waals surface area (Å²) in [6.45, 7) is 1.98. The van der Waals surface area contributed by atoms with Gasteiger partial charge in [-0.25, -0.2) is 4.39 Å². The fourth-order valence-electron chi connectivity index (χ4n) is 3.95. The van der Waals surface area contributed by atoms with Crippen molar-refractivity contribution in [2.75, 3.05) is 24.5 Å². The number of anilines is 1. The summed E-state index contributed by atoms with van der Waals surface area (Å²) in [5, 5.41) is 3.57. The summed E-state index contributed by atoms with van der Waals surface area (Å²) in [5.41, 5.74) is 1.39. The van der Waals surface area contributed by atoms with Gasteiger partial charge in [-0.3, -0.25) is 14.6 Å². The Balaban J connectivity index is 1.29. The molecule has 0 bridgehead atoms. The van der Waals surface area contributed by atoms with E-state index in [0.717, 1.165) is 18.5 Å². The predicted octanol–water partition coefficient (Wildman–Crippen LogP) is 2.22. The number of aromatic nitrogens is 1. The van der Waals surface area contributed by atoms with Crippen molar-refractivity contribution in [3.05, 3.63) is 60.2 Å². The van der Waals surface area contributed by atoms with Gasteiger partial charge in [-0.2, -0.15) is 0 Å². The molecule has 4 rings (SSSR count). The molecule has 0 saturated carbocycles. The van der Waals surface area contributed by atoms with E-state index in [9.17, 15) is 14.0 Å². The quantitative estimate of drug-likeness (QED) is 0.881. The third kappa shape index (κ3) is 4.04. The molecule has 6 nitrogen and oxygen atoms in total. The van der Waals surface area contributed by atoms with E-state index >= 15 is 0 Å². The van der Waals surface area contributed by atoms with Gasteiger partial charge in [0.25, 0.3) is 5.91 Å². The number of carbonyl (C=O) groups excluding carboxylic acids is 2. The van der Waals surface area contributed by atoms with Crippen LogP contribution in [0.2, 0.25) is 0 Å². The fraction of sp³-hybridized carbons (Fsp3) is 0.381. The molecule has 2 fully saturated rings. The van der Waals surface area contributed by atoms with Crippen molar-refractivity contribution >= 4 is 17.5 Å². The number of nitrogens with zero attached hydrogens (tertiary/aromatic N) is 3. The molecule has 7 heteroatoms. The molecule has 2 aromatic rings. The third-order valence-corrected chi connectivity index (χ3v) is 5.44. The number of benzene rings is 1. The highest BCUT2D eigenvalue weighted by atomic mass is 19.1. The molecule has 0 radical (unpaired) electrons. The SMILES string of the molecule is O=C(c1ccncc1)N1CCC(NC2CC(=O)N(c3ccc(F)cc3)C2)CC1. The lowest BCUT2D eigenvalue weighted by molar-refractivity contribution is -0.117. The standard InChI is InChI=1S/C21H23FN4O2/c22-16-1-3-19(4-2-16)26-14-18(13-20(26)27)24-17-7-11-25(12-8-17)21(28)15-5-9-23-10-6-15/h1-6,9-10,17-18,24H,7-8,11-14H2. The van der Waals surface area contributed by atoms with Crippen molar-refractivity contribution in [1.82, 2.24) is 15.2 Å². The van der Waals surface area contributed by atoms with Crippen LogP contribution < -0.4 is 10.2 Å². The fourth-order valence-corrected chi connectivity index (χ4v) is 3.95. The Hall–Kier alpha value is -2.80. The minimum absolute atomic E-state index is 0.0411. The van der Waals surface area contributed by atoms with Gasteiger partial charge in [-0.1, -0.05) is 0 Å². The number of halogens is 1. The second kappa shape index (κ2) is 8.06. The minimum Gasteiger partial charge on any atom is -0.339 e. The Morgan fingerprint density at radius 1 is 1.04 bits per heavy atom. The van der Waals surface area contributed by atoms with Crippen LogP contribution in [0.4, 0.5) is 10.1 Å². The average Bonchev–Trinajstić information content (AvgIpc) is 3.09. The van der Waals surface area contributed by atoms with Crippen LogP contribution in [0.5, 0.6) is 0 Å². The molecule has 1 atom stereocenters. The molecule has 2 saturated heterocycles. The molecule has 2 aliphatic rings. The highest BCUT2D eigenvalue weighted by Gasteiger charge is 2.33. The van der Waals surface area contributed by atoms with Crippen molar-refractivity contribution in [1.29, 1.82) is 0 Å². The number of likely N-dealkylation sites (tertiary alicyclic amines) is 1. The van der Waals surface area contributed by atoms with E-state index in [2.05, 4.69) is 10.3 Å². The van der Waals surface area contributed by atoms with Gasteiger partial charge in [-0.15, -0.1) is 0 Å². The smallest absolute Gasteiger partial charge is 0.253 e. The first kappa shape index (κ1) is 18.6. The molecule has 1 N–H and O–H groups in total. The van der Waals surface area contributed by atoms with Crippen LogP contribution in [0.25, 0.3) is 0 Å². The first-order valence-corrected chi connectivity index (χ1v) is 9.61. The first-order valence-electron chi connectivity index (χ1n) is 9.61. The Bertz CT molecular complexity index is 835. The van der Waals surface area contributed by atoms with Gasteiger partial charge < -0.3 is 15.1 Å². The summed E-state index contributed by atoms with van der Waals surface area (Å²) in [5.74, 6) is -0.216. The van der Waals surface area contributed by atoms with Crippen molar-refractivity contribution in [2.45, 2.75) is 31.3 Å². The number of amides is 2. The maximum absolute atomic E-state index is 13.1. The zero-order valence-electron chi connectivity index (χ0n) is 15.6. The Morgan fingerprint density at radius 3 is 2.39 bits per heavy atom. The van der Waals surface area contributed by atoms with E-state index in [0.29, 0.717) is 31.6 Å². The predicted molar refractivity (Wildman–Crippen MR) is 103 cm³/mol. The second-order valence-corrected chi connectivity index (χ2v) is 7.35. The van der Waals surface area contributed by atoms with Crippen LogP contribution in [-0.2, 0) is 4.79 Å². The molecule has 28 heavy (non-hydrogen) atoms. The number of hydrogen-bond acceptors (Lipinski definition) is 4. The number of nitrogens with one attached hydrogen (secondary N) is 1. The molecule has 2 aliphatic heterocycles. The number of hydrogen-bond donors (Lipinski definition) is 1. The molecular weight excluding hydrogens is 359 g/mol. The van der Waals surface area contributed by atoms with Gasteiger partial charge in [0.15, 0.2) is 0 Å². The van der Waals surface area contributed by atoms with Crippen LogP contribution in [0, 0.1) is 5.82 Å². The molecule has 1 aromatic heterocycles. The van der Waals surface area contributed by atoms with E-state index in [1.807, 2.05) is 4.90 Å². The van der Waals surface area contributed by atoms with E-state index in [-0.39, 0.29) is 29.7 Å². The van der Waals surface area contributed by atoms with Crippen molar-refractivity contribution in [3.63, 3.8) is 0 Å². The van der Waals surface area contributed by atoms with Crippen molar-refractivity contribution in [2.24, 2.45) is 0 Å². The largest absolute Gasteiger partial charge is 0.339 e. The van der Waals surface area contributed by atoms with Gasteiger partial charge >= 0.3 is 0 Å². The summed E-state index contributed by atoms with van der Waals surface area (Å²) in [6.07, 6.45) is 5.42. The summed E-state index contributed by atoms with van der Waals surface area (Å²) in [4.78, 5) is 32.4. The van der Waals surface area contributed by atoms with Crippen LogP contribution in [0.3, 0.4) is 0 Å². The average molecular weight is 382 g/mol. The minimum atomic E-state index is -0.307. The number of carbonyl (C=O) groups is 2. The van der Waals surface area contributed by atoms with Crippen LogP contribution in [-0.4, -0.2) is 53.4 Å². The zero-order chi connectivity index (χ0) is 19.5. The number of rotatable bonds is 4. The van der Waals surface area contributed by atoms with Crippen molar-refractivity contribution in [3.8, 4) is 0 Å². The normalized spacial score (nSPS) is 20.6. The van der Waals surface area contributed by atoms with Gasteiger partial charge in [0, 0.05) is 61.8 Å². The van der Waals surface area contributed by atoms with E-state index in [1.165, 1.54) is 12.1 Å². The molecule has 146 valence electrons. The lowest BCUT2D eigenvalue weighted by Crippen LogP contribution is -2.48. The molecule has 0 aliphatic carbocycles. The van der Waals surface area contributed by atoms with Crippen LogP contribution in [0.1, 0.15) is 29.6 Å². The highest BCUT2D eigenvalue weighted by Crippen LogP contribution is 2.23. The molecule has 2 amide bonds. The topological polar surface area (TPSA) is 65.5 Å². The lowest BCUT2D eigenvalue weighted by atomic mass is 10.0. The maximum atomic E-state index is 13.1. The van der Waals surface area contributed by atoms with Gasteiger partial charge in [0.1, 0.15) is 5.82 Å². The third-order valence-electron chi connectivity index (χ3n) is 5.44. The summed E-state index contributed by atoms with van der Waals surface area (Å²) >= 11 is 0. The van der Waals surface area contributed by atoms with Gasteiger partial charge in [0.05, 0.1) is 0 Å². The van der Waals surface area contributed by atoms with Crippen molar-refractivity contribution < 1.29 is 14.0 Å². The molecule has 3 heterocycles. The van der Waals surface area contributed by atoms with E-state index < -0.39 is 0 Å². The summed E-state index contributed by atoms with van der Waals surface area (Å²) in [6, 6.07) is 9.86. The molecule has 1 unspecified atom stereocenters. The number of pyridine rings is 1. The second-order valence-electron chi connectivity index (χ2n) is 7.35. The maximum Gasteiger partial charge on any atom is 0.253 e. The number of piperidine rings is 1. The zero-order valence-corrected chi connectivity index (χ0v) is 15.6. The van der Waals surface area contributed by atoms with E-state index in [1.54, 1.807) is 41.6 Å².